The topological polar surface area (TPSA) is 49.6 Å². The molecule has 0 unspecified atom stereocenters. The predicted octanol–water partition coefficient (Wildman–Crippen LogP) is 1.98. The molecule has 1 aromatic carbocycles. The fourth-order valence-corrected chi connectivity index (χ4v) is 2.73. The first-order valence-electron chi connectivity index (χ1n) is 6.99. The minimum Gasteiger partial charge on any atom is -0.368 e. The van der Waals surface area contributed by atoms with Gasteiger partial charge in [-0.3, -0.25) is 4.79 Å². The third kappa shape index (κ3) is 3.62. The molecule has 3 rings (SSSR count). The summed E-state index contributed by atoms with van der Waals surface area (Å²) >= 11 is 0. The Kier molecular flexibility index (Phi) is 5.91. The molecule has 4 nitrogen and oxygen atoms in total. The van der Waals surface area contributed by atoms with Crippen LogP contribution in [0.1, 0.15) is 18.4 Å². The Balaban J connectivity index is 0.00000110. The smallest absolute Gasteiger partial charge is 0.242 e. The van der Waals surface area contributed by atoms with Crippen LogP contribution >= 0.6 is 24.8 Å². The molecule has 0 spiro atoms. The van der Waals surface area contributed by atoms with Crippen molar-refractivity contribution in [2.24, 2.45) is 5.73 Å². The monoisotopic (exact) mass is 331 g/mol. The highest BCUT2D eigenvalue weighted by molar-refractivity contribution is 5.89. The normalized spacial score (nSPS) is 19.3. The summed E-state index contributed by atoms with van der Waals surface area (Å²) < 4.78 is 0. The molecule has 1 aliphatic carbocycles. The first-order valence-corrected chi connectivity index (χ1v) is 6.99. The Morgan fingerprint density at radius 1 is 1.10 bits per heavy atom. The number of hydrogen-bond acceptors (Lipinski definition) is 3. The molecule has 0 bridgehead atoms. The third-order valence-electron chi connectivity index (χ3n) is 4.24. The predicted molar refractivity (Wildman–Crippen MR) is 90.6 cm³/mol. The van der Waals surface area contributed by atoms with Crippen molar-refractivity contribution in [3.63, 3.8) is 0 Å². The number of carbonyl (C=O) groups is 1. The molecule has 2 N–H and O–H groups in total. The highest BCUT2D eigenvalue weighted by atomic mass is 35.5. The van der Waals surface area contributed by atoms with Crippen LogP contribution < -0.4 is 10.6 Å². The summed E-state index contributed by atoms with van der Waals surface area (Å²) in [6.07, 6.45) is 1.70. The van der Waals surface area contributed by atoms with Gasteiger partial charge in [-0.25, -0.2) is 0 Å². The number of carbonyl (C=O) groups excluding carboxylic acids is 1. The highest BCUT2D eigenvalue weighted by Crippen LogP contribution is 2.34. The molecule has 0 aromatic heterocycles. The van der Waals surface area contributed by atoms with E-state index in [9.17, 15) is 4.79 Å². The number of amides is 1. The van der Waals surface area contributed by atoms with Gasteiger partial charge in [0, 0.05) is 31.9 Å². The number of nitrogens with two attached hydrogens (primary N) is 1. The number of nitrogens with zero attached hydrogens (tertiary/aromatic N) is 2. The molecule has 1 amide bonds. The maximum atomic E-state index is 12.2. The van der Waals surface area contributed by atoms with Gasteiger partial charge in [-0.15, -0.1) is 24.8 Å². The van der Waals surface area contributed by atoms with Crippen molar-refractivity contribution in [1.29, 1.82) is 0 Å². The van der Waals surface area contributed by atoms with Gasteiger partial charge in [0.05, 0.1) is 5.54 Å². The van der Waals surface area contributed by atoms with E-state index in [1.807, 2.05) is 4.90 Å². The Morgan fingerprint density at radius 2 is 1.67 bits per heavy atom. The van der Waals surface area contributed by atoms with Gasteiger partial charge in [0.2, 0.25) is 5.91 Å². The number of hydrogen-bond donors (Lipinski definition) is 1. The van der Waals surface area contributed by atoms with Crippen LogP contribution in [0.4, 0.5) is 5.69 Å². The number of anilines is 1. The number of para-hydroxylation sites is 1. The van der Waals surface area contributed by atoms with Crippen LogP contribution in [0, 0.1) is 6.92 Å². The largest absolute Gasteiger partial charge is 0.368 e. The van der Waals surface area contributed by atoms with Crippen molar-refractivity contribution < 1.29 is 4.79 Å². The Bertz CT molecular complexity index is 497. The maximum Gasteiger partial charge on any atom is 0.242 e. The first-order chi connectivity index (χ1) is 9.10. The van der Waals surface area contributed by atoms with E-state index in [0.29, 0.717) is 0 Å². The fraction of sp³-hybridized carbons (Fsp3) is 0.533. The van der Waals surface area contributed by atoms with Crippen LogP contribution in [-0.4, -0.2) is 42.5 Å². The second-order valence-electron chi connectivity index (χ2n) is 5.72. The van der Waals surface area contributed by atoms with E-state index in [2.05, 4.69) is 36.1 Å². The molecule has 118 valence electrons. The summed E-state index contributed by atoms with van der Waals surface area (Å²) in [5.74, 6) is 0.150. The molecule has 2 fully saturated rings. The zero-order chi connectivity index (χ0) is 13.5. The summed E-state index contributed by atoms with van der Waals surface area (Å²) in [5.41, 5.74) is 8.04. The number of aryl methyl sites for hydroxylation is 1. The van der Waals surface area contributed by atoms with Crippen LogP contribution in [-0.2, 0) is 4.79 Å². The van der Waals surface area contributed by atoms with Gasteiger partial charge in [0.15, 0.2) is 0 Å². The highest BCUT2D eigenvalue weighted by Gasteiger charge is 2.48. The lowest BCUT2D eigenvalue weighted by molar-refractivity contribution is -0.133. The number of halogens is 2. The average molecular weight is 332 g/mol. The second-order valence-corrected chi connectivity index (χ2v) is 5.72. The Labute approximate surface area is 138 Å². The van der Waals surface area contributed by atoms with Crippen molar-refractivity contribution in [2.45, 2.75) is 25.3 Å². The van der Waals surface area contributed by atoms with Gasteiger partial charge in [-0.05, 0) is 31.4 Å². The zero-order valence-electron chi connectivity index (χ0n) is 12.2. The fourth-order valence-electron chi connectivity index (χ4n) is 2.73. The van der Waals surface area contributed by atoms with E-state index in [1.165, 1.54) is 11.3 Å². The van der Waals surface area contributed by atoms with Crippen LogP contribution in [0.25, 0.3) is 0 Å². The van der Waals surface area contributed by atoms with E-state index in [1.54, 1.807) is 0 Å². The molecule has 1 aromatic rings. The molecule has 21 heavy (non-hydrogen) atoms. The van der Waals surface area contributed by atoms with Crippen molar-refractivity contribution in [2.75, 3.05) is 31.1 Å². The van der Waals surface area contributed by atoms with Crippen molar-refractivity contribution in [1.82, 2.24) is 4.90 Å². The number of piperazine rings is 1. The van der Waals surface area contributed by atoms with Gasteiger partial charge < -0.3 is 15.5 Å². The molecule has 1 saturated carbocycles. The molecule has 1 heterocycles. The van der Waals surface area contributed by atoms with Crippen LogP contribution in [0.3, 0.4) is 0 Å². The molecule has 1 aliphatic heterocycles. The van der Waals surface area contributed by atoms with Gasteiger partial charge in [0.25, 0.3) is 0 Å². The van der Waals surface area contributed by atoms with Gasteiger partial charge in [-0.1, -0.05) is 18.2 Å². The minimum atomic E-state index is -0.523. The lowest BCUT2D eigenvalue weighted by Gasteiger charge is -2.37. The average Bonchev–Trinajstić information content (AvgIpc) is 3.18. The number of rotatable bonds is 2. The molecule has 2 aliphatic rings. The summed E-state index contributed by atoms with van der Waals surface area (Å²) in [4.78, 5) is 16.5. The zero-order valence-corrected chi connectivity index (χ0v) is 13.9. The van der Waals surface area contributed by atoms with Crippen molar-refractivity contribution in [3.8, 4) is 0 Å². The summed E-state index contributed by atoms with van der Waals surface area (Å²) in [6.45, 7) is 5.49. The van der Waals surface area contributed by atoms with E-state index in [-0.39, 0.29) is 30.7 Å². The van der Waals surface area contributed by atoms with E-state index in [4.69, 9.17) is 5.73 Å². The summed E-state index contributed by atoms with van der Waals surface area (Å²) in [7, 11) is 0. The van der Waals surface area contributed by atoms with E-state index < -0.39 is 5.54 Å². The summed E-state index contributed by atoms with van der Waals surface area (Å²) in [5, 5.41) is 0. The lowest BCUT2D eigenvalue weighted by atomic mass is 10.1. The molecular weight excluding hydrogens is 309 g/mol. The van der Waals surface area contributed by atoms with E-state index in [0.717, 1.165) is 39.0 Å². The van der Waals surface area contributed by atoms with E-state index >= 15 is 0 Å². The van der Waals surface area contributed by atoms with Crippen LogP contribution in [0.5, 0.6) is 0 Å². The molecule has 0 radical (unpaired) electrons. The molecule has 0 atom stereocenters. The minimum absolute atomic E-state index is 0. The Hall–Kier alpha value is -0.970. The maximum absolute atomic E-state index is 12.2. The van der Waals surface area contributed by atoms with Crippen molar-refractivity contribution in [3.05, 3.63) is 29.8 Å². The van der Waals surface area contributed by atoms with Crippen LogP contribution in [0.2, 0.25) is 0 Å². The molecule has 6 heteroatoms. The third-order valence-corrected chi connectivity index (χ3v) is 4.24. The quantitative estimate of drug-likeness (QED) is 0.901. The van der Waals surface area contributed by atoms with Gasteiger partial charge in [0.1, 0.15) is 0 Å². The SMILES string of the molecule is Cc1ccccc1N1CCN(C(=O)C2(N)CC2)CC1.Cl.Cl. The summed E-state index contributed by atoms with van der Waals surface area (Å²) in [6, 6.07) is 8.41. The van der Waals surface area contributed by atoms with Gasteiger partial charge >= 0.3 is 0 Å². The second kappa shape index (κ2) is 6.86. The lowest BCUT2D eigenvalue weighted by Crippen LogP contribution is -2.54. The molecule has 1 saturated heterocycles. The molecular formula is C15H23Cl2N3O. The van der Waals surface area contributed by atoms with Crippen LogP contribution in [0.15, 0.2) is 24.3 Å². The van der Waals surface area contributed by atoms with Crippen molar-refractivity contribution >= 4 is 36.4 Å². The number of benzene rings is 1. The van der Waals surface area contributed by atoms with Gasteiger partial charge in [-0.2, -0.15) is 0 Å². The standard InChI is InChI=1S/C15H21N3O.2ClH/c1-12-4-2-3-5-13(12)17-8-10-18(11-9-17)14(19)15(16)6-7-15;;/h2-5H,6-11,16H2,1H3;2*1H. The Morgan fingerprint density at radius 3 is 2.19 bits per heavy atom. The first kappa shape index (κ1) is 18.1.